The van der Waals surface area contributed by atoms with Crippen molar-refractivity contribution in [3.8, 4) is 0 Å². The van der Waals surface area contributed by atoms with Crippen molar-refractivity contribution >= 4 is 11.8 Å². The maximum Gasteiger partial charge on any atom is 0.224 e. The van der Waals surface area contributed by atoms with E-state index in [0.29, 0.717) is 12.5 Å². The minimum atomic E-state index is 0.559. The largest absolute Gasteiger partial charge is 0.363 e. The van der Waals surface area contributed by atoms with E-state index >= 15 is 0 Å². The third-order valence-electron chi connectivity index (χ3n) is 2.11. The molecule has 6 heteroatoms. The Labute approximate surface area is 99.5 Å². The first-order chi connectivity index (χ1) is 8.28. The Morgan fingerprint density at radius 3 is 2.94 bits per heavy atom. The molecule has 0 atom stereocenters. The van der Waals surface area contributed by atoms with Crippen LogP contribution in [0.1, 0.15) is 18.4 Å². The average Bonchev–Trinajstić information content (AvgIpc) is 2.74. The van der Waals surface area contributed by atoms with Gasteiger partial charge in [0.1, 0.15) is 5.82 Å². The van der Waals surface area contributed by atoms with Crippen LogP contribution in [-0.2, 0) is 6.54 Å². The lowest BCUT2D eigenvalue weighted by molar-refractivity contribution is 0.384. The van der Waals surface area contributed by atoms with E-state index in [1.807, 2.05) is 26.0 Å². The van der Waals surface area contributed by atoms with Crippen molar-refractivity contribution in [2.75, 3.05) is 17.2 Å². The summed E-state index contributed by atoms with van der Waals surface area (Å²) in [6.45, 7) is 5.25. The number of aromatic nitrogens is 3. The Hall–Kier alpha value is -2.11. The Kier molecular flexibility index (Phi) is 3.54. The molecule has 0 aliphatic carbocycles. The minimum Gasteiger partial charge on any atom is -0.363 e. The fourth-order valence-corrected chi connectivity index (χ4v) is 1.38. The first-order valence-electron chi connectivity index (χ1n) is 5.51. The van der Waals surface area contributed by atoms with Gasteiger partial charge in [0, 0.05) is 18.8 Å². The highest BCUT2D eigenvalue weighted by atomic mass is 16.5. The summed E-state index contributed by atoms with van der Waals surface area (Å²) in [5, 5.41) is 10.0. The van der Waals surface area contributed by atoms with Crippen molar-refractivity contribution in [3.63, 3.8) is 0 Å². The summed E-state index contributed by atoms with van der Waals surface area (Å²) in [4.78, 5) is 8.38. The summed E-state index contributed by atoms with van der Waals surface area (Å²) in [5.41, 5.74) is 0.873. The summed E-state index contributed by atoms with van der Waals surface area (Å²) >= 11 is 0. The van der Waals surface area contributed by atoms with Crippen LogP contribution in [0.3, 0.4) is 0 Å². The second-order valence-electron chi connectivity index (χ2n) is 3.58. The maximum absolute atomic E-state index is 5.09. The van der Waals surface area contributed by atoms with Gasteiger partial charge in [-0.05, 0) is 19.9 Å². The van der Waals surface area contributed by atoms with Crippen LogP contribution >= 0.6 is 0 Å². The molecule has 2 aromatic rings. The minimum absolute atomic E-state index is 0.559. The quantitative estimate of drug-likeness (QED) is 0.820. The lowest BCUT2D eigenvalue weighted by Gasteiger charge is -2.05. The smallest absolute Gasteiger partial charge is 0.224 e. The van der Waals surface area contributed by atoms with Gasteiger partial charge < -0.3 is 15.2 Å². The summed E-state index contributed by atoms with van der Waals surface area (Å²) in [6.07, 6.45) is 1.71. The van der Waals surface area contributed by atoms with Gasteiger partial charge in [-0.1, -0.05) is 5.16 Å². The Balaban J connectivity index is 1.96. The number of hydrogen-bond donors (Lipinski definition) is 2. The summed E-state index contributed by atoms with van der Waals surface area (Å²) < 4.78 is 5.09. The predicted octanol–water partition coefficient (Wildman–Crippen LogP) is 1.82. The molecule has 0 unspecified atom stereocenters. The van der Waals surface area contributed by atoms with Crippen LogP contribution in [-0.4, -0.2) is 21.7 Å². The topological polar surface area (TPSA) is 75.9 Å². The summed E-state index contributed by atoms with van der Waals surface area (Å²) in [7, 11) is 0. The van der Waals surface area contributed by atoms with Crippen molar-refractivity contribution < 1.29 is 4.52 Å². The van der Waals surface area contributed by atoms with Crippen molar-refractivity contribution in [1.29, 1.82) is 0 Å². The molecule has 2 rings (SSSR count). The zero-order chi connectivity index (χ0) is 12.1. The Bertz CT molecular complexity index is 482. The SMILES string of the molecule is CCNc1nccc(NCc2cc(C)no2)n1. The van der Waals surface area contributed by atoms with Gasteiger partial charge >= 0.3 is 0 Å². The normalized spacial score (nSPS) is 10.2. The van der Waals surface area contributed by atoms with Crippen LogP contribution in [0, 0.1) is 6.92 Å². The van der Waals surface area contributed by atoms with Gasteiger partial charge in [-0.25, -0.2) is 4.98 Å². The monoisotopic (exact) mass is 233 g/mol. The molecule has 17 heavy (non-hydrogen) atoms. The maximum atomic E-state index is 5.09. The van der Waals surface area contributed by atoms with Crippen LogP contribution in [0.25, 0.3) is 0 Å². The molecule has 2 heterocycles. The molecule has 0 bridgehead atoms. The second-order valence-corrected chi connectivity index (χ2v) is 3.58. The third-order valence-corrected chi connectivity index (χ3v) is 2.11. The van der Waals surface area contributed by atoms with Crippen LogP contribution in [0.15, 0.2) is 22.9 Å². The predicted molar refractivity (Wildman–Crippen MR) is 64.8 cm³/mol. The average molecular weight is 233 g/mol. The standard InChI is InChI=1S/C11H15N5O/c1-3-12-11-13-5-4-10(15-11)14-7-9-6-8(2)16-17-9/h4-6H,3,7H2,1-2H3,(H2,12,13,14,15). The van der Waals surface area contributed by atoms with Crippen LogP contribution in [0.4, 0.5) is 11.8 Å². The zero-order valence-electron chi connectivity index (χ0n) is 9.90. The van der Waals surface area contributed by atoms with Crippen LogP contribution < -0.4 is 10.6 Å². The number of hydrogen-bond acceptors (Lipinski definition) is 6. The molecular formula is C11H15N5O. The second kappa shape index (κ2) is 5.29. The highest BCUT2D eigenvalue weighted by Gasteiger charge is 2.02. The molecule has 6 nitrogen and oxygen atoms in total. The molecule has 2 aromatic heterocycles. The third kappa shape index (κ3) is 3.17. The van der Waals surface area contributed by atoms with E-state index in [9.17, 15) is 0 Å². The molecule has 2 N–H and O–H groups in total. The molecule has 0 aliphatic heterocycles. The number of anilines is 2. The van der Waals surface area contributed by atoms with Crippen LogP contribution in [0.5, 0.6) is 0 Å². The van der Waals surface area contributed by atoms with E-state index in [-0.39, 0.29) is 0 Å². The Morgan fingerprint density at radius 2 is 2.24 bits per heavy atom. The zero-order valence-corrected chi connectivity index (χ0v) is 9.90. The molecule has 0 aliphatic rings. The summed E-state index contributed by atoms with van der Waals surface area (Å²) in [6, 6.07) is 3.70. The highest BCUT2D eigenvalue weighted by Crippen LogP contribution is 2.08. The van der Waals surface area contributed by atoms with E-state index in [0.717, 1.165) is 23.8 Å². The number of aryl methyl sites for hydroxylation is 1. The molecule has 0 fully saturated rings. The fourth-order valence-electron chi connectivity index (χ4n) is 1.38. The molecule has 0 saturated heterocycles. The van der Waals surface area contributed by atoms with E-state index in [1.165, 1.54) is 0 Å². The van der Waals surface area contributed by atoms with Crippen molar-refractivity contribution in [3.05, 3.63) is 29.8 Å². The first kappa shape index (κ1) is 11.4. The van der Waals surface area contributed by atoms with E-state index in [1.54, 1.807) is 6.20 Å². The van der Waals surface area contributed by atoms with Crippen molar-refractivity contribution in [2.24, 2.45) is 0 Å². The van der Waals surface area contributed by atoms with Crippen LogP contribution in [0.2, 0.25) is 0 Å². The fraction of sp³-hybridized carbons (Fsp3) is 0.364. The molecule has 0 amide bonds. The van der Waals surface area contributed by atoms with E-state index < -0.39 is 0 Å². The lowest BCUT2D eigenvalue weighted by Crippen LogP contribution is -2.05. The van der Waals surface area contributed by atoms with E-state index in [2.05, 4.69) is 25.8 Å². The molecule has 0 radical (unpaired) electrons. The first-order valence-corrected chi connectivity index (χ1v) is 5.51. The molecule has 0 saturated carbocycles. The van der Waals surface area contributed by atoms with Crippen molar-refractivity contribution in [2.45, 2.75) is 20.4 Å². The van der Waals surface area contributed by atoms with Gasteiger partial charge in [0.15, 0.2) is 5.76 Å². The molecular weight excluding hydrogens is 218 g/mol. The van der Waals surface area contributed by atoms with Crippen molar-refractivity contribution in [1.82, 2.24) is 15.1 Å². The van der Waals surface area contributed by atoms with Gasteiger partial charge in [0.2, 0.25) is 5.95 Å². The molecule has 0 spiro atoms. The van der Waals surface area contributed by atoms with Gasteiger partial charge in [-0.2, -0.15) is 4.98 Å². The van der Waals surface area contributed by atoms with Gasteiger partial charge in [-0.3, -0.25) is 0 Å². The Morgan fingerprint density at radius 1 is 1.35 bits per heavy atom. The number of rotatable bonds is 5. The van der Waals surface area contributed by atoms with Gasteiger partial charge in [-0.15, -0.1) is 0 Å². The van der Waals surface area contributed by atoms with E-state index in [4.69, 9.17) is 4.52 Å². The number of nitrogens with zero attached hydrogens (tertiary/aromatic N) is 3. The van der Waals surface area contributed by atoms with Gasteiger partial charge in [0.25, 0.3) is 0 Å². The molecule has 0 aromatic carbocycles. The number of nitrogens with one attached hydrogen (secondary N) is 2. The highest BCUT2D eigenvalue weighted by molar-refractivity contribution is 5.39. The van der Waals surface area contributed by atoms with Gasteiger partial charge in [0.05, 0.1) is 12.2 Å². The summed E-state index contributed by atoms with van der Waals surface area (Å²) in [5.74, 6) is 2.15. The lowest BCUT2D eigenvalue weighted by atomic mass is 10.4. The molecule has 90 valence electrons.